The van der Waals surface area contributed by atoms with Crippen LogP contribution in [0.4, 0.5) is 0 Å². The fraction of sp³-hybridized carbons (Fsp3) is 0.562. The Bertz CT molecular complexity index is 511. The minimum atomic E-state index is -0.363. The van der Waals surface area contributed by atoms with Gasteiger partial charge in [-0.25, -0.2) is 0 Å². The number of carbonyl (C=O) groups is 1. The van der Waals surface area contributed by atoms with E-state index in [2.05, 4.69) is 5.32 Å². The van der Waals surface area contributed by atoms with E-state index in [1.54, 1.807) is 0 Å². The number of halogens is 1. The van der Waals surface area contributed by atoms with Crippen molar-refractivity contribution in [2.75, 3.05) is 6.61 Å². The van der Waals surface area contributed by atoms with Crippen LogP contribution in [0.1, 0.15) is 43.6 Å². The number of hydrogen-bond acceptors (Lipinski definition) is 2. The fourth-order valence-electron chi connectivity index (χ4n) is 3.32. The van der Waals surface area contributed by atoms with Gasteiger partial charge in [0, 0.05) is 10.9 Å². The Balaban J connectivity index is 1.63. The van der Waals surface area contributed by atoms with Crippen molar-refractivity contribution < 1.29 is 9.90 Å². The molecule has 2 saturated carbocycles. The lowest BCUT2D eigenvalue weighted by atomic mass is 9.98. The lowest BCUT2D eigenvalue weighted by molar-refractivity contribution is -0.124. The molecule has 0 radical (unpaired) electrons. The molecule has 20 heavy (non-hydrogen) atoms. The van der Waals surface area contributed by atoms with Crippen LogP contribution in [0, 0.1) is 5.92 Å². The molecule has 4 heteroatoms. The standard InChI is InChI=1S/C16H20ClNO2/c17-12-5-3-4-11(8-12)13-9-14(13)15(20)18-16(10-19)6-1-2-7-16/h3-5,8,13-14,19H,1-2,6-7,9-10H2,(H,18,20). The molecule has 3 nitrogen and oxygen atoms in total. The van der Waals surface area contributed by atoms with Crippen LogP contribution in [-0.2, 0) is 4.79 Å². The summed E-state index contributed by atoms with van der Waals surface area (Å²) in [5.41, 5.74) is 0.778. The normalized spacial score (nSPS) is 27.3. The molecule has 0 bridgehead atoms. The average molecular weight is 294 g/mol. The van der Waals surface area contributed by atoms with Crippen molar-refractivity contribution in [1.82, 2.24) is 5.32 Å². The van der Waals surface area contributed by atoms with Crippen LogP contribution < -0.4 is 5.32 Å². The molecule has 0 heterocycles. The van der Waals surface area contributed by atoms with Crippen molar-refractivity contribution in [3.05, 3.63) is 34.9 Å². The van der Waals surface area contributed by atoms with Crippen molar-refractivity contribution in [2.45, 2.75) is 43.6 Å². The predicted molar refractivity (Wildman–Crippen MR) is 78.7 cm³/mol. The maximum atomic E-state index is 12.3. The smallest absolute Gasteiger partial charge is 0.224 e. The van der Waals surface area contributed by atoms with Gasteiger partial charge in [-0.05, 0) is 42.9 Å². The highest BCUT2D eigenvalue weighted by Gasteiger charge is 2.46. The van der Waals surface area contributed by atoms with Crippen molar-refractivity contribution >= 4 is 17.5 Å². The zero-order valence-electron chi connectivity index (χ0n) is 11.4. The molecule has 108 valence electrons. The van der Waals surface area contributed by atoms with Crippen molar-refractivity contribution in [3.63, 3.8) is 0 Å². The number of rotatable bonds is 4. The zero-order valence-corrected chi connectivity index (χ0v) is 12.2. The molecule has 1 amide bonds. The maximum absolute atomic E-state index is 12.3. The summed E-state index contributed by atoms with van der Waals surface area (Å²) in [4.78, 5) is 12.3. The van der Waals surface area contributed by atoms with Gasteiger partial charge in [0.15, 0.2) is 0 Å². The molecule has 2 N–H and O–H groups in total. The highest BCUT2D eigenvalue weighted by molar-refractivity contribution is 6.30. The number of aliphatic hydroxyl groups is 1. The van der Waals surface area contributed by atoms with E-state index >= 15 is 0 Å². The third kappa shape index (κ3) is 2.70. The molecular weight excluding hydrogens is 274 g/mol. The monoisotopic (exact) mass is 293 g/mol. The van der Waals surface area contributed by atoms with Crippen LogP contribution in [0.3, 0.4) is 0 Å². The second-order valence-corrected chi connectivity index (χ2v) is 6.57. The summed E-state index contributed by atoms with van der Waals surface area (Å²) in [5, 5.41) is 13.4. The largest absolute Gasteiger partial charge is 0.394 e. The van der Waals surface area contributed by atoms with Gasteiger partial charge < -0.3 is 10.4 Å². The highest BCUT2D eigenvalue weighted by atomic mass is 35.5. The van der Waals surface area contributed by atoms with E-state index in [1.165, 1.54) is 0 Å². The van der Waals surface area contributed by atoms with E-state index < -0.39 is 0 Å². The van der Waals surface area contributed by atoms with Crippen LogP contribution in [0.15, 0.2) is 24.3 Å². The number of hydrogen-bond donors (Lipinski definition) is 2. The summed E-state index contributed by atoms with van der Waals surface area (Å²) < 4.78 is 0. The van der Waals surface area contributed by atoms with E-state index in [0.29, 0.717) is 0 Å². The van der Waals surface area contributed by atoms with Gasteiger partial charge in [0.25, 0.3) is 0 Å². The van der Waals surface area contributed by atoms with Crippen molar-refractivity contribution in [3.8, 4) is 0 Å². The minimum Gasteiger partial charge on any atom is -0.394 e. The number of carbonyl (C=O) groups excluding carboxylic acids is 1. The summed E-state index contributed by atoms with van der Waals surface area (Å²) in [7, 11) is 0. The molecule has 1 aromatic rings. The summed E-state index contributed by atoms with van der Waals surface area (Å²) in [5.74, 6) is 0.411. The fourth-order valence-corrected chi connectivity index (χ4v) is 3.52. The van der Waals surface area contributed by atoms with Gasteiger partial charge in [0.2, 0.25) is 5.91 Å². The first-order chi connectivity index (χ1) is 9.63. The minimum absolute atomic E-state index is 0.0393. The quantitative estimate of drug-likeness (QED) is 0.897. The Morgan fingerprint density at radius 3 is 2.80 bits per heavy atom. The second kappa shape index (κ2) is 5.38. The van der Waals surface area contributed by atoms with Gasteiger partial charge in [-0.3, -0.25) is 4.79 Å². The predicted octanol–water partition coefficient (Wildman–Crippen LogP) is 2.86. The third-order valence-electron chi connectivity index (χ3n) is 4.66. The molecule has 1 aromatic carbocycles. The lowest BCUT2D eigenvalue weighted by Crippen LogP contribution is -2.49. The van der Waals surface area contributed by atoms with Gasteiger partial charge in [-0.15, -0.1) is 0 Å². The molecule has 2 unspecified atom stereocenters. The van der Waals surface area contributed by atoms with Crippen LogP contribution >= 0.6 is 11.6 Å². The second-order valence-electron chi connectivity index (χ2n) is 6.14. The Labute approximate surface area is 124 Å². The molecule has 0 saturated heterocycles. The van der Waals surface area contributed by atoms with Gasteiger partial charge in [0.1, 0.15) is 0 Å². The first-order valence-electron chi connectivity index (χ1n) is 7.32. The van der Waals surface area contributed by atoms with Crippen LogP contribution in [0.5, 0.6) is 0 Å². The topological polar surface area (TPSA) is 49.3 Å². The molecule has 2 atom stereocenters. The molecule has 0 aliphatic heterocycles. The zero-order chi connectivity index (χ0) is 14.2. The van der Waals surface area contributed by atoms with E-state index in [9.17, 15) is 9.90 Å². The van der Waals surface area contributed by atoms with E-state index in [0.717, 1.165) is 42.7 Å². The van der Waals surface area contributed by atoms with Crippen LogP contribution in [0.2, 0.25) is 5.02 Å². The Morgan fingerprint density at radius 2 is 2.15 bits per heavy atom. The molecule has 3 rings (SSSR count). The van der Waals surface area contributed by atoms with Crippen LogP contribution in [0.25, 0.3) is 0 Å². The number of benzene rings is 1. The van der Waals surface area contributed by atoms with Gasteiger partial charge >= 0.3 is 0 Å². The first kappa shape index (κ1) is 13.9. The molecular formula is C16H20ClNO2. The lowest BCUT2D eigenvalue weighted by Gasteiger charge is -2.28. The van der Waals surface area contributed by atoms with Crippen LogP contribution in [-0.4, -0.2) is 23.2 Å². The highest BCUT2D eigenvalue weighted by Crippen LogP contribution is 2.48. The number of aliphatic hydroxyl groups excluding tert-OH is 1. The Morgan fingerprint density at radius 1 is 1.40 bits per heavy atom. The van der Waals surface area contributed by atoms with Crippen molar-refractivity contribution in [2.24, 2.45) is 5.92 Å². The summed E-state index contributed by atoms with van der Waals surface area (Å²) in [6.07, 6.45) is 4.84. The molecule has 2 aliphatic carbocycles. The summed E-state index contributed by atoms with van der Waals surface area (Å²) >= 11 is 5.99. The molecule has 0 aromatic heterocycles. The van der Waals surface area contributed by atoms with Gasteiger partial charge in [-0.1, -0.05) is 36.6 Å². The first-order valence-corrected chi connectivity index (χ1v) is 7.70. The SMILES string of the molecule is O=C(NC1(CO)CCCC1)C1CC1c1cccc(Cl)c1. The molecule has 0 spiro atoms. The van der Waals surface area contributed by atoms with E-state index in [4.69, 9.17) is 11.6 Å². The Kier molecular flexibility index (Phi) is 3.74. The summed E-state index contributed by atoms with van der Waals surface area (Å²) in [6, 6.07) is 7.75. The Hall–Kier alpha value is -1.06. The molecule has 2 aliphatic rings. The molecule has 2 fully saturated rings. The number of amides is 1. The van der Waals surface area contributed by atoms with E-state index in [1.807, 2.05) is 24.3 Å². The summed E-state index contributed by atoms with van der Waals surface area (Å²) in [6.45, 7) is 0.0489. The van der Waals surface area contributed by atoms with Crippen molar-refractivity contribution in [1.29, 1.82) is 0 Å². The maximum Gasteiger partial charge on any atom is 0.224 e. The number of nitrogens with one attached hydrogen (secondary N) is 1. The third-order valence-corrected chi connectivity index (χ3v) is 4.89. The van der Waals surface area contributed by atoms with Gasteiger partial charge in [0.05, 0.1) is 12.1 Å². The van der Waals surface area contributed by atoms with E-state index in [-0.39, 0.29) is 29.9 Å². The average Bonchev–Trinajstić information content (AvgIpc) is 3.13. The van der Waals surface area contributed by atoms with Gasteiger partial charge in [-0.2, -0.15) is 0 Å².